The van der Waals surface area contributed by atoms with Gasteiger partial charge in [0.15, 0.2) is 5.69 Å². The Kier molecular flexibility index (Phi) is 5.43. The highest BCUT2D eigenvalue weighted by atomic mass is 19.4. The minimum atomic E-state index is -4.71. The quantitative estimate of drug-likeness (QED) is 0.751. The molecule has 1 fully saturated rings. The predicted octanol–water partition coefficient (Wildman–Crippen LogP) is 4.99. The van der Waals surface area contributed by atoms with Gasteiger partial charge in [0.2, 0.25) is 0 Å². The monoisotopic (exact) mass is 388 g/mol. The van der Waals surface area contributed by atoms with Crippen molar-refractivity contribution in [2.24, 2.45) is 0 Å². The molecule has 0 aromatic carbocycles. The molecule has 27 heavy (non-hydrogen) atoms. The third kappa shape index (κ3) is 4.42. The molecule has 1 amide bonds. The van der Waals surface area contributed by atoms with Gasteiger partial charge >= 0.3 is 6.18 Å². The third-order valence-electron chi connectivity index (χ3n) is 4.44. The first-order valence-corrected chi connectivity index (χ1v) is 8.48. The number of hydrogen-bond acceptors (Lipinski definition) is 3. The molecular formula is C17H17F5N4O. The highest BCUT2D eigenvalue weighted by molar-refractivity contribution is 6.03. The number of nitrogens with zero attached hydrogens (tertiary/aromatic N) is 3. The van der Waals surface area contributed by atoms with E-state index in [1.165, 1.54) is 10.9 Å². The number of carbonyl (C=O) groups is 1. The Morgan fingerprint density at radius 3 is 2.52 bits per heavy atom. The van der Waals surface area contributed by atoms with Gasteiger partial charge in [-0.15, -0.1) is 0 Å². The molecule has 3 rings (SSSR count). The van der Waals surface area contributed by atoms with Crippen LogP contribution in [-0.4, -0.2) is 20.7 Å². The first-order valence-electron chi connectivity index (χ1n) is 8.48. The van der Waals surface area contributed by atoms with Crippen LogP contribution in [0, 0.1) is 0 Å². The molecule has 2 aromatic heterocycles. The molecule has 10 heteroatoms. The standard InChI is InChI=1S/C17H17F5N4O/c18-15(19)14-12(9-26(25-14)10-5-2-1-3-6-10)24-16(27)11-7-4-8-13(23-11)17(20,21)22/h4,7-10,15H,1-3,5-6H2,(H,24,27). The van der Waals surface area contributed by atoms with Crippen LogP contribution in [0.25, 0.3) is 0 Å². The summed E-state index contributed by atoms with van der Waals surface area (Å²) in [5.74, 6) is -1.01. The fraction of sp³-hybridized carbons (Fsp3) is 0.471. The van der Waals surface area contributed by atoms with Gasteiger partial charge in [-0.3, -0.25) is 9.48 Å². The van der Waals surface area contributed by atoms with Crippen LogP contribution < -0.4 is 5.32 Å². The summed E-state index contributed by atoms with van der Waals surface area (Å²) < 4.78 is 66.2. The van der Waals surface area contributed by atoms with E-state index in [0.717, 1.165) is 50.3 Å². The number of hydrogen-bond donors (Lipinski definition) is 1. The lowest BCUT2D eigenvalue weighted by Gasteiger charge is -2.21. The molecule has 0 saturated heterocycles. The second kappa shape index (κ2) is 7.61. The topological polar surface area (TPSA) is 59.8 Å². The van der Waals surface area contributed by atoms with Crippen LogP contribution in [0.4, 0.5) is 27.6 Å². The van der Waals surface area contributed by atoms with Gasteiger partial charge in [-0.05, 0) is 25.0 Å². The number of alkyl halides is 5. The van der Waals surface area contributed by atoms with Crippen LogP contribution in [-0.2, 0) is 6.18 Å². The summed E-state index contributed by atoms with van der Waals surface area (Å²) >= 11 is 0. The average molecular weight is 388 g/mol. The molecule has 1 aliphatic carbocycles. The van der Waals surface area contributed by atoms with Crippen LogP contribution in [0.3, 0.4) is 0 Å². The maximum absolute atomic E-state index is 13.3. The van der Waals surface area contributed by atoms with Crippen molar-refractivity contribution >= 4 is 11.6 Å². The molecule has 0 unspecified atom stereocenters. The summed E-state index contributed by atoms with van der Waals surface area (Å²) in [4.78, 5) is 15.5. The normalized spacial score (nSPS) is 15.9. The fourth-order valence-electron chi connectivity index (χ4n) is 3.10. The lowest BCUT2D eigenvalue weighted by molar-refractivity contribution is -0.141. The molecule has 0 aliphatic heterocycles. The first kappa shape index (κ1) is 19.2. The molecule has 2 aromatic rings. The van der Waals surface area contributed by atoms with E-state index < -0.39 is 35.6 Å². The Labute approximate surface area is 151 Å². The summed E-state index contributed by atoms with van der Waals surface area (Å²) in [6.07, 6.45) is -1.74. The fourth-order valence-corrected chi connectivity index (χ4v) is 3.10. The smallest absolute Gasteiger partial charge is 0.318 e. The zero-order valence-electron chi connectivity index (χ0n) is 14.1. The second-order valence-corrected chi connectivity index (χ2v) is 6.36. The highest BCUT2D eigenvalue weighted by Gasteiger charge is 2.33. The van der Waals surface area contributed by atoms with E-state index in [-0.39, 0.29) is 11.7 Å². The number of rotatable bonds is 4. The van der Waals surface area contributed by atoms with Crippen LogP contribution in [0.2, 0.25) is 0 Å². The molecule has 2 heterocycles. The number of nitrogens with one attached hydrogen (secondary N) is 1. The lowest BCUT2D eigenvalue weighted by Crippen LogP contribution is -2.17. The number of halogens is 5. The van der Waals surface area contributed by atoms with E-state index in [2.05, 4.69) is 15.4 Å². The van der Waals surface area contributed by atoms with Crippen molar-refractivity contribution < 1.29 is 26.7 Å². The van der Waals surface area contributed by atoms with Crippen molar-refractivity contribution in [3.8, 4) is 0 Å². The Morgan fingerprint density at radius 2 is 1.89 bits per heavy atom. The SMILES string of the molecule is O=C(Nc1cn(C2CCCCC2)nc1C(F)F)c1cccc(C(F)(F)F)n1. The van der Waals surface area contributed by atoms with E-state index in [1.807, 2.05) is 0 Å². The van der Waals surface area contributed by atoms with Crippen molar-refractivity contribution in [1.82, 2.24) is 14.8 Å². The Hall–Kier alpha value is -2.52. The van der Waals surface area contributed by atoms with E-state index in [9.17, 15) is 26.7 Å². The summed E-state index contributed by atoms with van der Waals surface area (Å²) in [5, 5.41) is 6.10. The third-order valence-corrected chi connectivity index (χ3v) is 4.44. The van der Waals surface area contributed by atoms with Gasteiger partial charge in [0.05, 0.1) is 11.7 Å². The minimum Gasteiger partial charge on any atom is -0.318 e. The molecule has 0 spiro atoms. The predicted molar refractivity (Wildman–Crippen MR) is 86.5 cm³/mol. The van der Waals surface area contributed by atoms with Crippen molar-refractivity contribution in [3.05, 3.63) is 41.5 Å². The van der Waals surface area contributed by atoms with Crippen molar-refractivity contribution in [1.29, 1.82) is 0 Å². The molecule has 1 N–H and O–H groups in total. The maximum atomic E-state index is 13.3. The van der Waals surface area contributed by atoms with Crippen molar-refractivity contribution in [2.75, 3.05) is 5.32 Å². The molecule has 146 valence electrons. The van der Waals surface area contributed by atoms with E-state index in [4.69, 9.17) is 0 Å². The number of anilines is 1. The summed E-state index contributed by atoms with van der Waals surface area (Å²) in [7, 11) is 0. The zero-order chi connectivity index (χ0) is 19.6. The number of amides is 1. The largest absolute Gasteiger partial charge is 0.433 e. The van der Waals surface area contributed by atoms with Crippen LogP contribution >= 0.6 is 0 Å². The minimum absolute atomic E-state index is 0.0337. The number of aromatic nitrogens is 3. The van der Waals surface area contributed by atoms with Crippen molar-refractivity contribution in [2.45, 2.75) is 50.7 Å². The van der Waals surface area contributed by atoms with Crippen LogP contribution in [0.1, 0.15) is 66.4 Å². The summed E-state index contributed by atoms with van der Waals surface area (Å²) in [6, 6.07) is 2.80. The van der Waals surface area contributed by atoms with E-state index in [0.29, 0.717) is 0 Å². The number of carbonyl (C=O) groups excluding carboxylic acids is 1. The first-order chi connectivity index (χ1) is 12.8. The Morgan fingerprint density at radius 1 is 1.19 bits per heavy atom. The molecule has 1 aliphatic rings. The van der Waals surface area contributed by atoms with Gasteiger partial charge in [-0.1, -0.05) is 25.3 Å². The average Bonchev–Trinajstić information content (AvgIpc) is 3.06. The van der Waals surface area contributed by atoms with Gasteiger partial charge in [-0.2, -0.15) is 18.3 Å². The Bertz CT molecular complexity index is 812. The van der Waals surface area contributed by atoms with E-state index in [1.54, 1.807) is 0 Å². The summed E-state index contributed by atoms with van der Waals surface area (Å²) in [5.41, 5.74) is -2.58. The Balaban J connectivity index is 1.84. The maximum Gasteiger partial charge on any atom is 0.433 e. The van der Waals surface area contributed by atoms with Gasteiger partial charge in [-0.25, -0.2) is 13.8 Å². The highest BCUT2D eigenvalue weighted by Crippen LogP contribution is 2.32. The molecule has 5 nitrogen and oxygen atoms in total. The molecule has 0 bridgehead atoms. The second-order valence-electron chi connectivity index (χ2n) is 6.36. The van der Waals surface area contributed by atoms with Crippen LogP contribution in [0.15, 0.2) is 24.4 Å². The van der Waals surface area contributed by atoms with Gasteiger partial charge in [0, 0.05) is 6.20 Å². The molecule has 0 radical (unpaired) electrons. The summed E-state index contributed by atoms with van der Waals surface area (Å²) in [6.45, 7) is 0. The van der Waals surface area contributed by atoms with Gasteiger partial charge in [0.1, 0.15) is 11.4 Å². The molecule has 0 atom stereocenters. The lowest BCUT2D eigenvalue weighted by atomic mass is 9.96. The van der Waals surface area contributed by atoms with Gasteiger partial charge in [0.25, 0.3) is 12.3 Å². The van der Waals surface area contributed by atoms with Crippen LogP contribution in [0.5, 0.6) is 0 Å². The van der Waals surface area contributed by atoms with E-state index >= 15 is 0 Å². The number of pyridine rings is 1. The molecule has 1 saturated carbocycles. The zero-order valence-corrected chi connectivity index (χ0v) is 14.1. The van der Waals surface area contributed by atoms with Gasteiger partial charge < -0.3 is 5.32 Å². The molecular weight excluding hydrogens is 371 g/mol. The van der Waals surface area contributed by atoms with Crippen molar-refractivity contribution in [3.63, 3.8) is 0 Å².